The standard InChI is InChI=1S/C13H16BrNO5/c1-3-19-5-4-6-20-13-11(9(2)16)7-10(14)8-12(13)15(17)18/h7-8H,3-6H2,1-2H3. The zero-order valence-electron chi connectivity index (χ0n) is 11.3. The number of Topliss-reactive ketones (excluding diaryl/α,β-unsaturated/α-hetero) is 1. The summed E-state index contributed by atoms with van der Waals surface area (Å²) in [5.74, 6) is -0.267. The van der Waals surface area contributed by atoms with Crippen molar-refractivity contribution in [3.63, 3.8) is 0 Å². The Balaban J connectivity index is 2.95. The summed E-state index contributed by atoms with van der Waals surface area (Å²) in [7, 11) is 0. The molecule has 0 N–H and O–H groups in total. The Morgan fingerprint density at radius 3 is 2.65 bits per heavy atom. The Hall–Kier alpha value is -1.47. The normalized spacial score (nSPS) is 10.3. The quantitative estimate of drug-likeness (QED) is 0.312. The second-order valence-corrected chi connectivity index (χ2v) is 4.93. The minimum absolute atomic E-state index is 0.0159. The lowest BCUT2D eigenvalue weighted by Gasteiger charge is -2.11. The highest BCUT2D eigenvalue weighted by Crippen LogP contribution is 2.35. The molecule has 0 fully saturated rings. The molecule has 0 spiro atoms. The fourth-order valence-electron chi connectivity index (χ4n) is 1.61. The summed E-state index contributed by atoms with van der Waals surface area (Å²) >= 11 is 3.15. The van der Waals surface area contributed by atoms with E-state index in [4.69, 9.17) is 9.47 Å². The molecule has 0 aliphatic rings. The first-order valence-electron chi connectivity index (χ1n) is 6.16. The largest absolute Gasteiger partial charge is 0.486 e. The zero-order chi connectivity index (χ0) is 15.1. The van der Waals surface area contributed by atoms with Crippen LogP contribution in [0.5, 0.6) is 5.75 Å². The number of hydrogen-bond acceptors (Lipinski definition) is 5. The number of carbonyl (C=O) groups is 1. The Kier molecular flexibility index (Phi) is 6.60. The molecule has 0 atom stereocenters. The second kappa shape index (κ2) is 7.96. The number of nitro groups is 1. The third-order valence-corrected chi connectivity index (χ3v) is 2.95. The lowest BCUT2D eigenvalue weighted by Crippen LogP contribution is -2.08. The molecule has 0 aliphatic heterocycles. The summed E-state index contributed by atoms with van der Waals surface area (Å²) in [4.78, 5) is 22.1. The molecular formula is C13H16BrNO5. The van der Waals surface area contributed by atoms with Gasteiger partial charge in [-0.2, -0.15) is 0 Å². The first kappa shape index (κ1) is 16.6. The van der Waals surface area contributed by atoms with Gasteiger partial charge in [-0.1, -0.05) is 15.9 Å². The zero-order valence-corrected chi connectivity index (χ0v) is 12.9. The second-order valence-electron chi connectivity index (χ2n) is 4.01. The van der Waals surface area contributed by atoms with Crippen molar-refractivity contribution < 1.29 is 19.2 Å². The molecule has 0 unspecified atom stereocenters. The lowest BCUT2D eigenvalue weighted by molar-refractivity contribution is -0.386. The molecule has 6 nitrogen and oxygen atoms in total. The number of carbonyl (C=O) groups excluding carboxylic acids is 1. The molecule has 1 aromatic carbocycles. The first-order valence-corrected chi connectivity index (χ1v) is 6.96. The molecule has 20 heavy (non-hydrogen) atoms. The van der Waals surface area contributed by atoms with E-state index in [9.17, 15) is 14.9 Å². The van der Waals surface area contributed by atoms with Gasteiger partial charge in [0, 0.05) is 30.2 Å². The van der Waals surface area contributed by atoms with E-state index in [2.05, 4.69) is 15.9 Å². The monoisotopic (exact) mass is 345 g/mol. The van der Waals surface area contributed by atoms with Crippen LogP contribution in [0.2, 0.25) is 0 Å². The summed E-state index contributed by atoms with van der Waals surface area (Å²) in [5.41, 5.74) is -0.0246. The van der Waals surface area contributed by atoms with Gasteiger partial charge in [-0.25, -0.2) is 0 Å². The summed E-state index contributed by atoms with van der Waals surface area (Å²) in [6.45, 7) is 4.60. The number of ketones is 1. The Morgan fingerprint density at radius 1 is 1.40 bits per heavy atom. The highest BCUT2D eigenvalue weighted by molar-refractivity contribution is 9.10. The average molecular weight is 346 g/mol. The molecule has 7 heteroatoms. The minimum atomic E-state index is -0.560. The van der Waals surface area contributed by atoms with Gasteiger partial charge in [-0.05, 0) is 19.9 Å². The van der Waals surface area contributed by atoms with Gasteiger partial charge in [0.15, 0.2) is 5.78 Å². The van der Waals surface area contributed by atoms with E-state index in [-0.39, 0.29) is 29.4 Å². The third kappa shape index (κ3) is 4.57. The molecule has 0 heterocycles. The molecule has 110 valence electrons. The van der Waals surface area contributed by atoms with Crippen molar-refractivity contribution in [2.75, 3.05) is 19.8 Å². The molecule has 0 radical (unpaired) electrons. The first-order chi connectivity index (χ1) is 9.47. The van der Waals surface area contributed by atoms with Crippen molar-refractivity contribution in [3.8, 4) is 5.75 Å². The van der Waals surface area contributed by atoms with Crippen LogP contribution in [-0.2, 0) is 4.74 Å². The lowest BCUT2D eigenvalue weighted by atomic mass is 10.1. The van der Waals surface area contributed by atoms with Gasteiger partial charge in [0.05, 0.1) is 17.1 Å². The fraction of sp³-hybridized carbons (Fsp3) is 0.462. The maximum atomic E-state index is 11.6. The molecule has 0 aromatic heterocycles. The van der Waals surface area contributed by atoms with Crippen LogP contribution in [0.3, 0.4) is 0 Å². The van der Waals surface area contributed by atoms with E-state index in [0.29, 0.717) is 24.1 Å². The third-order valence-electron chi connectivity index (χ3n) is 2.49. The predicted octanol–water partition coefficient (Wildman–Crippen LogP) is 3.37. The van der Waals surface area contributed by atoms with Gasteiger partial charge < -0.3 is 9.47 Å². The van der Waals surface area contributed by atoms with E-state index in [1.807, 2.05) is 6.92 Å². The Labute approximate surface area is 125 Å². The van der Waals surface area contributed by atoms with Crippen LogP contribution < -0.4 is 4.74 Å². The molecular weight excluding hydrogens is 330 g/mol. The molecule has 0 aliphatic carbocycles. The number of nitro benzene ring substituents is 1. The number of hydrogen-bond donors (Lipinski definition) is 0. The summed E-state index contributed by atoms with van der Waals surface area (Å²) in [5, 5.41) is 11.1. The molecule has 0 amide bonds. The fourth-order valence-corrected chi connectivity index (χ4v) is 2.05. The van der Waals surface area contributed by atoms with E-state index in [1.54, 1.807) is 0 Å². The maximum absolute atomic E-state index is 11.6. The van der Waals surface area contributed by atoms with Crippen molar-refractivity contribution in [1.29, 1.82) is 0 Å². The van der Waals surface area contributed by atoms with Crippen LogP contribution in [0.4, 0.5) is 5.69 Å². The highest BCUT2D eigenvalue weighted by atomic mass is 79.9. The van der Waals surface area contributed by atoms with Crippen molar-refractivity contribution in [2.24, 2.45) is 0 Å². The number of rotatable bonds is 8. The maximum Gasteiger partial charge on any atom is 0.312 e. The average Bonchev–Trinajstić information content (AvgIpc) is 2.38. The van der Waals surface area contributed by atoms with E-state index < -0.39 is 4.92 Å². The summed E-state index contributed by atoms with van der Waals surface area (Å²) in [6.07, 6.45) is 0.596. The Morgan fingerprint density at radius 2 is 2.10 bits per heavy atom. The molecule has 0 saturated heterocycles. The van der Waals surface area contributed by atoms with Crippen LogP contribution in [0, 0.1) is 10.1 Å². The number of benzene rings is 1. The predicted molar refractivity (Wildman–Crippen MR) is 77.4 cm³/mol. The van der Waals surface area contributed by atoms with E-state index in [0.717, 1.165) is 0 Å². The van der Waals surface area contributed by atoms with Crippen molar-refractivity contribution in [2.45, 2.75) is 20.3 Å². The van der Waals surface area contributed by atoms with Crippen LogP contribution in [0.1, 0.15) is 30.6 Å². The van der Waals surface area contributed by atoms with Gasteiger partial charge in [0.25, 0.3) is 0 Å². The van der Waals surface area contributed by atoms with Crippen molar-refractivity contribution in [1.82, 2.24) is 0 Å². The molecule has 0 saturated carbocycles. The summed E-state index contributed by atoms with van der Waals surface area (Å²) < 4.78 is 11.1. The number of ether oxygens (including phenoxy) is 2. The van der Waals surface area contributed by atoms with Crippen LogP contribution in [-0.4, -0.2) is 30.5 Å². The molecule has 0 bridgehead atoms. The van der Waals surface area contributed by atoms with Gasteiger partial charge in [0.2, 0.25) is 5.75 Å². The minimum Gasteiger partial charge on any atom is -0.486 e. The number of halogens is 1. The smallest absolute Gasteiger partial charge is 0.312 e. The van der Waals surface area contributed by atoms with Crippen molar-refractivity contribution in [3.05, 3.63) is 32.3 Å². The topological polar surface area (TPSA) is 78.7 Å². The summed E-state index contributed by atoms with van der Waals surface area (Å²) in [6, 6.07) is 2.84. The van der Waals surface area contributed by atoms with E-state index >= 15 is 0 Å². The molecule has 1 rings (SSSR count). The van der Waals surface area contributed by atoms with Crippen molar-refractivity contribution >= 4 is 27.4 Å². The van der Waals surface area contributed by atoms with Crippen LogP contribution >= 0.6 is 15.9 Å². The highest BCUT2D eigenvalue weighted by Gasteiger charge is 2.23. The van der Waals surface area contributed by atoms with E-state index in [1.165, 1.54) is 19.1 Å². The van der Waals surface area contributed by atoms with Gasteiger partial charge in [-0.15, -0.1) is 0 Å². The van der Waals surface area contributed by atoms with Gasteiger partial charge in [0.1, 0.15) is 0 Å². The number of nitrogens with zero attached hydrogens (tertiary/aromatic N) is 1. The van der Waals surface area contributed by atoms with Gasteiger partial charge >= 0.3 is 5.69 Å². The van der Waals surface area contributed by atoms with Gasteiger partial charge in [-0.3, -0.25) is 14.9 Å². The molecule has 1 aromatic rings. The van der Waals surface area contributed by atoms with Crippen LogP contribution in [0.15, 0.2) is 16.6 Å². The SMILES string of the molecule is CCOCCCOc1c(C(C)=O)cc(Br)cc1[N+](=O)[O-]. The Bertz CT molecular complexity index is 469. The van der Waals surface area contributed by atoms with Crippen LogP contribution in [0.25, 0.3) is 0 Å².